The van der Waals surface area contributed by atoms with Gasteiger partial charge in [-0.1, -0.05) is 36.7 Å². The molecule has 0 saturated heterocycles. The third-order valence-electron chi connectivity index (χ3n) is 3.68. The van der Waals surface area contributed by atoms with Gasteiger partial charge in [-0.3, -0.25) is 4.79 Å². The summed E-state index contributed by atoms with van der Waals surface area (Å²) in [6.07, 6.45) is 0.850. The van der Waals surface area contributed by atoms with Crippen LogP contribution in [-0.2, 0) is 0 Å². The first-order valence-corrected chi connectivity index (χ1v) is 8.91. The number of benzene rings is 2. The highest BCUT2D eigenvalue weighted by Crippen LogP contribution is 2.36. The molecule has 2 rings (SSSR count). The van der Waals surface area contributed by atoms with Crippen LogP contribution in [0.3, 0.4) is 0 Å². The normalized spacial score (nSPS) is 10.3. The molecule has 6 heteroatoms. The standard InChI is InChI=1S/C20H24ClNO4/c1-4-10-26-19-16(21)12-15(13-18(19)24-3)20(23)22-9-11-25-17-8-6-5-7-14(17)2/h5-8,12-13H,4,9-11H2,1-3H3,(H,22,23). The second-order valence-corrected chi connectivity index (χ2v) is 6.11. The maximum absolute atomic E-state index is 12.3. The van der Waals surface area contributed by atoms with Crippen LogP contribution in [-0.4, -0.2) is 32.8 Å². The van der Waals surface area contributed by atoms with Crippen LogP contribution >= 0.6 is 11.6 Å². The summed E-state index contributed by atoms with van der Waals surface area (Å²) in [5.41, 5.74) is 1.46. The van der Waals surface area contributed by atoms with Crippen molar-refractivity contribution in [1.82, 2.24) is 5.32 Å². The lowest BCUT2D eigenvalue weighted by Gasteiger charge is -2.14. The number of carbonyl (C=O) groups is 1. The summed E-state index contributed by atoms with van der Waals surface area (Å²) in [4.78, 5) is 12.3. The fraction of sp³-hybridized carbons (Fsp3) is 0.350. The first-order chi connectivity index (χ1) is 12.6. The lowest BCUT2D eigenvalue weighted by atomic mass is 10.2. The fourth-order valence-electron chi connectivity index (χ4n) is 2.34. The molecule has 0 fully saturated rings. The van der Waals surface area contributed by atoms with Crippen LogP contribution in [0.25, 0.3) is 0 Å². The summed E-state index contributed by atoms with van der Waals surface area (Å²) in [6.45, 7) is 5.25. The summed E-state index contributed by atoms with van der Waals surface area (Å²) in [5, 5.41) is 3.16. The molecule has 26 heavy (non-hydrogen) atoms. The first-order valence-electron chi connectivity index (χ1n) is 8.53. The van der Waals surface area contributed by atoms with Gasteiger partial charge < -0.3 is 19.5 Å². The van der Waals surface area contributed by atoms with E-state index in [9.17, 15) is 4.79 Å². The highest BCUT2D eigenvalue weighted by molar-refractivity contribution is 6.32. The number of nitrogens with one attached hydrogen (secondary N) is 1. The van der Waals surface area contributed by atoms with Crippen LogP contribution in [0, 0.1) is 6.92 Å². The van der Waals surface area contributed by atoms with Gasteiger partial charge in [0, 0.05) is 5.56 Å². The number of para-hydroxylation sites is 1. The summed E-state index contributed by atoms with van der Waals surface area (Å²) < 4.78 is 16.6. The second kappa shape index (κ2) is 9.92. The van der Waals surface area contributed by atoms with Gasteiger partial charge in [-0.25, -0.2) is 0 Å². The number of carbonyl (C=O) groups excluding carboxylic acids is 1. The Labute approximate surface area is 159 Å². The number of hydrogen-bond donors (Lipinski definition) is 1. The zero-order chi connectivity index (χ0) is 18.9. The average Bonchev–Trinajstić information content (AvgIpc) is 2.64. The average molecular weight is 378 g/mol. The first kappa shape index (κ1) is 19.9. The molecule has 1 amide bonds. The van der Waals surface area contributed by atoms with Crippen molar-refractivity contribution in [2.75, 3.05) is 26.9 Å². The molecule has 5 nitrogen and oxygen atoms in total. The quantitative estimate of drug-likeness (QED) is 0.663. The van der Waals surface area contributed by atoms with Crippen molar-refractivity contribution < 1.29 is 19.0 Å². The number of halogens is 1. The number of hydrogen-bond acceptors (Lipinski definition) is 4. The highest BCUT2D eigenvalue weighted by Gasteiger charge is 2.15. The number of aryl methyl sites for hydroxylation is 1. The number of rotatable bonds is 9. The van der Waals surface area contributed by atoms with Crippen LogP contribution in [0.4, 0.5) is 0 Å². The molecule has 0 radical (unpaired) electrons. The summed E-state index contributed by atoms with van der Waals surface area (Å²) >= 11 is 6.24. The van der Waals surface area contributed by atoms with Crippen molar-refractivity contribution in [2.45, 2.75) is 20.3 Å². The Morgan fingerprint density at radius 3 is 2.58 bits per heavy atom. The molecular formula is C20H24ClNO4. The SMILES string of the molecule is CCCOc1c(Cl)cc(C(=O)NCCOc2ccccc2C)cc1OC. The van der Waals surface area contributed by atoms with Crippen molar-refractivity contribution in [1.29, 1.82) is 0 Å². The van der Waals surface area contributed by atoms with E-state index in [4.69, 9.17) is 25.8 Å². The van der Waals surface area contributed by atoms with Crippen LogP contribution in [0.15, 0.2) is 36.4 Å². The Bertz CT molecular complexity index is 749. The topological polar surface area (TPSA) is 56.8 Å². The Morgan fingerprint density at radius 2 is 1.88 bits per heavy atom. The molecule has 0 aliphatic carbocycles. The van der Waals surface area contributed by atoms with E-state index in [0.29, 0.717) is 41.8 Å². The molecule has 2 aromatic rings. The monoisotopic (exact) mass is 377 g/mol. The summed E-state index contributed by atoms with van der Waals surface area (Å²) in [5.74, 6) is 1.45. The van der Waals surface area contributed by atoms with Crippen LogP contribution in [0.1, 0.15) is 29.3 Å². The lowest BCUT2D eigenvalue weighted by Crippen LogP contribution is -2.28. The van der Waals surface area contributed by atoms with Gasteiger partial charge in [0.15, 0.2) is 11.5 Å². The fourth-order valence-corrected chi connectivity index (χ4v) is 2.61. The van der Waals surface area contributed by atoms with Gasteiger partial charge in [-0.05, 0) is 37.1 Å². The molecule has 2 aromatic carbocycles. The minimum atomic E-state index is -0.249. The highest BCUT2D eigenvalue weighted by atomic mass is 35.5. The molecule has 0 aliphatic rings. The minimum absolute atomic E-state index is 0.249. The van der Waals surface area contributed by atoms with E-state index in [1.807, 2.05) is 38.1 Å². The minimum Gasteiger partial charge on any atom is -0.493 e. The molecule has 0 aliphatic heterocycles. The lowest BCUT2D eigenvalue weighted by molar-refractivity contribution is 0.0946. The van der Waals surface area contributed by atoms with Gasteiger partial charge in [0.05, 0.1) is 25.3 Å². The number of methoxy groups -OCH3 is 1. The van der Waals surface area contributed by atoms with Crippen LogP contribution < -0.4 is 19.5 Å². The van der Waals surface area contributed by atoms with Gasteiger partial charge in [0.25, 0.3) is 5.91 Å². The second-order valence-electron chi connectivity index (χ2n) is 5.71. The molecule has 140 valence electrons. The van der Waals surface area contributed by atoms with Gasteiger partial charge in [-0.2, -0.15) is 0 Å². The molecule has 0 unspecified atom stereocenters. The summed E-state index contributed by atoms with van der Waals surface area (Å²) in [7, 11) is 1.52. The van der Waals surface area contributed by atoms with Crippen LogP contribution in [0.2, 0.25) is 5.02 Å². The Hall–Kier alpha value is -2.40. The van der Waals surface area contributed by atoms with Crippen molar-refractivity contribution >= 4 is 17.5 Å². The molecule has 0 saturated carbocycles. The van der Waals surface area contributed by atoms with E-state index >= 15 is 0 Å². The Balaban J connectivity index is 1.94. The molecule has 0 heterocycles. The predicted octanol–water partition coefficient (Wildman–Crippen LogP) is 4.25. The van der Waals surface area contributed by atoms with E-state index in [1.165, 1.54) is 7.11 Å². The van der Waals surface area contributed by atoms with Crippen molar-refractivity contribution in [3.8, 4) is 17.2 Å². The van der Waals surface area contributed by atoms with Gasteiger partial charge in [0.1, 0.15) is 12.4 Å². The molecule has 0 atom stereocenters. The molecule has 1 N–H and O–H groups in total. The summed E-state index contributed by atoms with van der Waals surface area (Å²) in [6, 6.07) is 10.9. The molecule has 0 aromatic heterocycles. The molecule has 0 spiro atoms. The Morgan fingerprint density at radius 1 is 1.12 bits per heavy atom. The van der Waals surface area contributed by atoms with E-state index < -0.39 is 0 Å². The smallest absolute Gasteiger partial charge is 0.251 e. The third kappa shape index (κ3) is 5.30. The number of amides is 1. The van der Waals surface area contributed by atoms with Gasteiger partial charge in [0.2, 0.25) is 0 Å². The zero-order valence-electron chi connectivity index (χ0n) is 15.3. The van der Waals surface area contributed by atoms with E-state index in [2.05, 4.69) is 5.32 Å². The zero-order valence-corrected chi connectivity index (χ0v) is 16.1. The van der Waals surface area contributed by atoms with Crippen molar-refractivity contribution in [3.63, 3.8) is 0 Å². The maximum atomic E-state index is 12.3. The third-order valence-corrected chi connectivity index (χ3v) is 3.96. The largest absolute Gasteiger partial charge is 0.493 e. The molecule has 0 bridgehead atoms. The van der Waals surface area contributed by atoms with E-state index in [1.54, 1.807) is 12.1 Å². The molecular weight excluding hydrogens is 354 g/mol. The van der Waals surface area contributed by atoms with Crippen molar-refractivity contribution in [2.24, 2.45) is 0 Å². The van der Waals surface area contributed by atoms with Gasteiger partial charge >= 0.3 is 0 Å². The van der Waals surface area contributed by atoms with Crippen LogP contribution in [0.5, 0.6) is 17.2 Å². The van der Waals surface area contributed by atoms with Crippen molar-refractivity contribution in [3.05, 3.63) is 52.5 Å². The van der Waals surface area contributed by atoms with E-state index in [0.717, 1.165) is 17.7 Å². The predicted molar refractivity (Wildman–Crippen MR) is 103 cm³/mol. The number of ether oxygens (including phenoxy) is 3. The van der Waals surface area contributed by atoms with Gasteiger partial charge in [-0.15, -0.1) is 0 Å². The Kier molecular flexibility index (Phi) is 7.60. The van der Waals surface area contributed by atoms with E-state index in [-0.39, 0.29) is 5.91 Å². The maximum Gasteiger partial charge on any atom is 0.251 e.